The quantitative estimate of drug-likeness (QED) is 0.830. The van der Waals surface area contributed by atoms with E-state index in [1.165, 1.54) is 22.5 Å². The number of nitrogens with zero attached hydrogens (tertiary/aromatic N) is 2. The largest absolute Gasteiger partial charge is 0.480 e. The maximum Gasteiger partial charge on any atom is 0.321 e. The zero-order valence-electron chi connectivity index (χ0n) is 12.9. The van der Waals surface area contributed by atoms with E-state index in [1.54, 1.807) is 0 Å². The van der Waals surface area contributed by atoms with Crippen molar-refractivity contribution in [3.05, 3.63) is 28.2 Å². The van der Waals surface area contributed by atoms with Gasteiger partial charge in [0.2, 0.25) is 10.0 Å². The zero-order valence-corrected chi connectivity index (χ0v) is 15.2. The van der Waals surface area contributed by atoms with E-state index in [0.29, 0.717) is 18.1 Å². The Morgan fingerprint density at radius 2 is 1.75 bits per heavy atom. The predicted octanol–water partition coefficient (Wildman–Crippen LogP) is 2.16. The van der Waals surface area contributed by atoms with Gasteiger partial charge in [-0.25, -0.2) is 8.42 Å². The number of hydrogen-bond donors (Lipinski definition) is 1. The van der Waals surface area contributed by atoms with Crippen molar-refractivity contribution in [3.8, 4) is 0 Å². The van der Waals surface area contributed by atoms with Crippen LogP contribution in [-0.2, 0) is 14.8 Å². The molecular weight excluding hydrogens is 375 g/mol. The number of sulfonamides is 1. The summed E-state index contributed by atoms with van der Waals surface area (Å²) in [6.45, 7) is 1.35. The first kappa shape index (κ1) is 17.9. The standard InChI is InChI=1S/C15H18Cl2N2O4S/c16-12-4-3-11(9-13(12)17)24(22,23)19-7-5-18(6-8-19)14(15(20)21)10-1-2-10/h3-4,9-10,14H,1-2,5-8H2,(H,20,21). The van der Waals surface area contributed by atoms with Crippen molar-refractivity contribution < 1.29 is 18.3 Å². The van der Waals surface area contributed by atoms with Crippen LogP contribution >= 0.6 is 23.2 Å². The average Bonchev–Trinajstić information content (AvgIpc) is 3.35. The molecule has 1 atom stereocenters. The fraction of sp³-hybridized carbons (Fsp3) is 0.533. The molecule has 0 bridgehead atoms. The fourth-order valence-corrected chi connectivity index (χ4v) is 4.89. The van der Waals surface area contributed by atoms with Gasteiger partial charge in [-0.1, -0.05) is 23.2 Å². The van der Waals surface area contributed by atoms with Gasteiger partial charge >= 0.3 is 5.97 Å². The number of piperazine rings is 1. The molecule has 0 spiro atoms. The molecule has 24 heavy (non-hydrogen) atoms. The maximum absolute atomic E-state index is 12.7. The van der Waals surface area contributed by atoms with Crippen LogP contribution in [0.3, 0.4) is 0 Å². The molecular formula is C15H18Cl2N2O4S. The second kappa shape index (κ2) is 6.80. The molecule has 6 nitrogen and oxygen atoms in total. The van der Waals surface area contributed by atoms with Crippen molar-refractivity contribution in [1.82, 2.24) is 9.21 Å². The van der Waals surface area contributed by atoms with Gasteiger partial charge < -0.3 is 5.11 Å². The number of aliphatic carboxylic acids is 1. The minimum absolute atomic E-state index is 0.0994. The third-order valence-electron chi connectivity index (χ3n) is 4.52. The maximum atomic E-state index is 12.7. The van der Waals surface area contributed by atoms with E-state index in [-0.39, 0.29) is 28.9 Å². The number of benzene rings is 1. The molecule has 1 saturated carbocycles. The fourth-order valence-electron chi connectivity index (χ4n) is 3.08. The molecule has 0 aromatic heterocycles. The minimum Gasteiger partial charge on any atom is -0.480 e. The zero-order chi connectivity index (χ0) is 17.5. The van der Waals surface area contributed by atoms with E-state index in [4.69, 9.17) is 23.2 Å². The third-order valence-corrected chi connectivity index (χ3v) is 7.15. The Morgan fingerprint density at radius 3 is 2.25 bits per heavy atom. The van der Waals surface area contributed by atoms with Crippen LogP contribution < -0.4 is 0 Å². The molecule has 1 N–H and O–H groups in total. The van der Waals surface area contributed by atoms with E-state index in [0.717, 1.165) is 12.8 Å². The van der Waals surface area contributed by atoms with Crippen LogP contribution in [0.2, 0.25) is 10.0 Å². The molecule has 132 valence electrons. The van der Waals surface area contributed by atoms with Gasteiger partial charge in [-0.05, 0) is 37.0 Å². The third kappa shape index (κ3) is 3.55. The summed E-state index contributed by atoms with van der Waals surface area (Å²) in [6.07, 6.45) is 1.86. The van der Waals surface area contributed by atoms with Crippen molar-refractivity contribution in [2.24, 2.45) is 5.92 Å². The average molecular weight is 393 g/mol. The number of carboxylic acid groups (broad SMARTS) is 1. The number of carbonyl (C=O) groups is 1. The lowest BCUT2D eigenvalue weighted by Gasteiger charge is -2.37. The predicted molar refractivity (Wildman–Crippen MR) is 90.9 cm³/mol. The van der Waals surface area contributed by atoms with Gasteiger partial charge in [0.05, 0.1) is 14.9 Å². The number of halogens is 2. The van der Waals surface area contributed by atoms with Gasteiger partial charge in [0.1, 0.15) is 6.04 Å². The van der Waals surface area contributed by atoms with E-state index >= 15 is 0 Å². The number of carboxylic acids is 1. The van der Waals surface area contributed by atoms with Crippen LogP contribution in [0.25, 0.3) is 0 Å². The molecule has 1 aliphatic carbocycles. The van der Waals surface area contributed by atoms with Crippen molar-refractivity contribution in [2.45, 2.75) is 23.8 Å². The molecule has 9 heteroatoms. The summed E-state index contributed by atoms with van der Waals surface area (Å²) in [5, 5.41) is 9.89. The van der Waals surface area contributed by atoms with Crippen molar-refractivity contribution in [3.63, 3.8) is 0 Å². The van der Waals surface area contributed by atoms with E-state index in [9.17, 15) is 18.3 Å². The Kier molecular flexibility index (Phi) is 5.09. The number of rotatable bonds is 5. The highest BCUT2D eigenvalue weighted by Crippen LogP contribution is 2.36. The Labute approximate surface area is 151 Å². The van der Waals surface area contributed by atoms with Crippen LogP contribution in [0.4, 0.5) is 0 Å². The Morgan fingerprint density at radius 1 is 1.12 bits per heavy atom. The van der Waals surface area contributed by atoms with Crippen LogP contribution in [-0.4, -0.2) is 60.9 Å². The lowest BCUT2D eigenvalue weighted by molar-refractivity contribution is -0.144. The monoisotopic (exact) mass is 392 g/mol. The first-order chi connectivity index (χ1) is 11.3. The topological polar surface area (TPSA) is 77.9 Å². The molecule has 1 aliphatic heterocycles. The molecule has 1 heterocycles. The van der Waals surface area contributed by atoms with Crippen LogP contribution in [0.15, 0.2) is 23.1 Å². The van der Waals surface area contributed by atoms with Gasteiger partial charge in [0, 0.05) is 26.2 Å². The molecule has 0 amide bonds. The highest BCUT2D eigenvalue weighted by atomic mass is 35.5. The molecule has 1 aromatic rings. The molecule has 2 fully saturated rings. The van der Waals surface area contributed by atoms with Gasteiger partial charge in [-0.15, -0.1) is 0 Å². The smallest absolute Gasteiger partial charge is 0.321 e. The van der Waals surface area contributed by atoms with Gasteiger partial charge in [-0.2, -0.15) is 4.31 Å². The summed E-state index contributed by atoms with van der Waals surface area (Å²) in [4.78, 5) is 13.4. The lowest BCUT2D eigenvalue weighted by Crippen LogP contribution is -2.54. The van der Waals surface area contributed by atoms with Crippen molar-refractivity contribution in [2.75, 3.05) is 26.2 Å². The van der Waals surface area contributed by atoms with Gasteiger partial charge in [-0.3, -0.25) is 9.69 Å². The van der Waals surface area contributed by atoms with Crippen molar-refractivity contribution >= 4 is 39.2 Å². The Balaban J connectivity index is 1.71. The molecule has 1 unspecified atom stereocenters. The lowest BCUT2D eigenvalue weighted by atomic mass is 10.1. The van der Waals surface area contributed by atoms with Gasteiger partial charge in [0.25, 0.3) is 0 Å². The molecule has 1 saturated heterocycles. The van der Waals surface area contributed by atoms with E-state index in [1.807, 2.05) is 4.90 Å². The SMILES string of the molecule is O=C(O)C(C1CC1)N1CCN(S(=O)(=O)c2ccc(Cl)c(Cl)c2)CC1. The minimum atomic E-state index is -3.66. The Hall–Kier alpha value is -0.860. The first-order valence-electron chi connectivity index (χ1n) is 7.73. The summed E-state index contributed by atoms with van der Waals surface area (Å²) in [6, 6.07) is 3.73. The molecule has 0 radical (unpaired) electrons. The van der Waals surface area contributed by atoms with E-state index < -0.39 is 22.0 Å². The number of hydrogen-bond acceptors (Lipinski definition) is 4. The van der Waals surface area contributed by atoms with Crippen LogP contribution in [0, 0.1) is 5.92 Å². The summed E-state index contributed by atoms with van der Waals surface area (Å²) in [5.41, 5.74) is 0. The first-order valence-corrected chi connectivity index (χ1v) is 9.92. The molecule has 1 aromatic carbocycles. The summed E-state index contributed by atoms with van der Waals surface area (Å²) < 4.78 is 26.8. The van der Waals surface area contributed by atoms with Gasteiger partial charge in [0.15, 0.2) is 0 Å². The summed E-state index contributed by atoms with van der Waals surface area (Å²) in [7, 11) is -3.66. The molecule has 3 rings (SSSR count). The Bertz CT molecular complexity index is 744. The second-order valence-corrected chi connectivity index (χ2v) is 8.89. The normalized spacial score (nSPS) is 21.6. The van der Waals surface area contributed by atoms with Crippen LogP contribution in [0.5, 0.6) is 0 Å². The summed E-state index contributed by atoms with van der Waals surface area (Å²) >= 11 is 11.7. The van der Waals surface area contributed by atoms with E-state index in [2.05, 4.69) is 0 Å². The second-order valence-electron chi connectivity index (χ2n) is 6.14. The summed E-state index contributed by atoms with van der Waals surface area (Å²) in [5.74, 6) is -0.626. The highest BCUT2D eigenvalue weighted by Gasteiger charge is 2.42. The highest BCUT2D eigenvalue weighted by molar-refractivity contribution is 7.89. The van der Waals surface area contributed by atoms with Crippen LogP contribution in [0.1, 0.15) is 12.8 Å². The van der Waals surface area contributed by atoms with Crippen molar-refractivity contribution in [1.29, 1.82) is 0 Å². The molecule has 2 aliphatic rings.